The lowest BCUT2D eigenvalue weighted by Gasteiger charge is -2.18. The van der Waals surface area contributed by atoms with Crippen molar-refractivity contribution in [2.24, 2.45) is 5.73 Å². The number of hydrogen-bond donors (Lipinski definition) is 2. The molecule has 1 atom stereocenters. The van der Waals surface area contributed by atoms with Crippen molar-refractivity contribution in [1.82, 2.24) is 9.78 Å². The minimum Gasteiger partial charge on any atom is -0.389 e. The van der Waals surface area contributed by atoms with Crippen LogP contribution in [0.5, 0.6) is 0 Å². The molecule has 2 rings (SSSR count). The molecule has 6 heteroatoms. The summed E-state index contributed by atoms with van der Waals surface area (Å²) in [5, 5.41) is 7.33. The summed E-state index contributed by atoms with van der Waals surface area (Å²) in [6.07, 6.45) is 3.59. The molecule has 0 spiro atoms. The van der Waals surface area contributed by atoms with Crippen LogP contribution in [0.2, 0.25) is 0 Å². The predicted octanol–water partition coefficient (Wildman–Crippen LogP) is 2.16. The maximum atomic E-state index is 13.7. The molecule has 0 saturated heterocycles. The molecule has 1 heterocycles. The highest BCUT2D eigenvalue weighted by Crippen LogP contribution is 2.19. The molecule has 4 nitrogen and oxygen atoms in total. The van der Waals surface area contributed by atoms with Crippen LogP contribution < -0.4 is 11.1 Å². The number of anilines is 1. The predicted molar refractivity (Wildman–Crippen MR) is 77.6 cm³/mol. The fourth-order valence-corrected chi connectivity index (χ4v) is 2.10. The van der Waals surface area contributed by atoms with Gasteiger partial charge in [-0.05, 0) is 25.1 Å². The molecule has 0 amide bonds. The Balaban J connectivity index is 2.14. The molecule has 0 aliphatic heterocycles. The van der Waals surface area contributed by atoms with E-state index in [0.717, 1.165) is 0 Å². The van der Waals surface area contributed by atoms with Gasteiger partial charge in [-0.25, -0.2) is 4.39 Å². The van der Waals surface area contributed by atoms with E-state index >= 15 is 0 Å². The van der Waals surface area contributed by atoms with Gasteiger partial charge in [-0.15, -0.1) is 0 Å². The molecule has 100 valence electrons. The van der Waals surface area contributed by atoms with Crippen LogP contribution in [0.3, 0.4) is 0 Å². The Labute approximate surface area is 116 Å². The van der Waals surface area contributed by atoms with Gasteiger partial charge in [-0.3, -0.25) is 4.68 Å². The number of benzene rings is 1. The molecule has 2 aromatic rings. The third kappa shape index (κ3) is 3.29. The highest BCUT2D eigenvalue weighted by Gasteiger charge is 2.13. The van der Waals surface area contributed by atoms with Gasteiger partial charge in [-0.2, -0.15) is 5.10 Å². The van der Waals surface area contributed by atoms with Gasteiger partial charge in [0.25, 0.3) is 0 Å². The van der Waals surface area contributed by atoms with E-state index in [1.807, 2.05) is 19.2 Å². The Morgan fingerprint density at radius 2 is 2.32 bits per heavy atom. The second-order valence-corrected chi connectivity index (χ2v) is 4.74. The summed E-state index contributed by atoms with van der Waals surface area (Å²) in [7, 11) is 0. The Morgan fingerprint density at radius 1 is 1.53 bits per heavy atom. The van der Waals surface area contributed by atoms with Crippen LogP contribution in [-0.2, 0) is 6.54 Å². The lowest BCUT2D eigenvalue weighted by molar-refractivity contribution is 0.560. The first-order valence-corrected chi connectivity index (χ1v) is 6.31. The Kier molecular flexibility index (Phi) is 4.11. The summed E-state index contributed by atoms with van der Waals surface area (Å²) in [6, 6.07) is 6.65. The lowest BCUT2D eigenvalue weighted by Crippen LogP contribution is -2.24. The summed E-state index contributed by atoms with van der Waals surface area (Å²) in [4.78, 5) is 0.0480. The van der Waals surface area contributed by atoms with Crippen molar-refractivity contribution >= 4 is 22.9 Å². The molecule has 0 bridgehead atoms. The third-order valence-electron chi connectivity index (χ3n) is 2.68. The van der Waals surface area contributed by atoms with Crippen LogP contribution in [0.4, 0.5) is 10.1 Å². The third-order valence-corrected chi connectivity index (χ3v) is 2.89. The lowest BCUT2D eigenvalue weighted by atomic mass is 10.1. The average Bonchev–Trinajstić information content (AvgIpc) is 2.81. The van der Waals surface area contributed by atoms with E-state index in [0.29, 0.717) is 12.2 Å². The minimum absolute atomic E-state index is 0.0480. The summed E-state index contributed by atoms with van der Waals surface area (Å²) in [5.74, 6) is -0.413. The molecule has 3 N–H and O–H groups in total. The zero-order valence-electron chi connectivity index (χ0n) is 10.5. The number of nitrogens with one attached hydrogen (secondary N) is 1. The SMILES string of the molecule is CC(Cn1cccn1)Nc1cccc(F)c1C(N)=S. The van der Waals surface area contributed by atoms with Crippen molar-refractivity contribution in [3.63, 3.8) is 0 Å². The number of thiocarbonyl (C=S) groups is 1. The van der Waals surface area contributed by atoms with Crippen LogP contribution in [0.15, 0.2) is 36.7 Å². The van der Waals surface area contributed by atoms with E-state index in [1.165, 1.54) is 6.07 Å². The van der Waals surface area contributed by atoms with Gasteiger partial charge >= 0.3 is 0 Å². The van der Waals surface area contributed by atoms with Crippen LogP contribution >= 0.6 is 12.2 Å². The summed E-state index contributed by atoms with van der Waals surface area (Å²) < 4.78 is 15.5. The van der Waals surface area contributed by atoms with Crippen molar-refractivity contribution in [2.45, 2.75) is 19.5 Å². The smallest absolute Gasteiger partial charge is 0.135 e. The molecule has 1 unspecified atom stereocenters. The number of hydrogen-bond acceptors (Lipinski definition) is 3. The fourth-order valence-electron chi connectivity index (χ4n) is 1.89. The quantitative estimate of drug-likeness (QED) is 0.823. The minimum atomic E-state index is -0.413. The highest BCUT2D eigenvalue weighted by molar-refractivity contribution is 7.80. The molecule has 1 aromatic carbocycles. The highest BCUT2D eigenvalue weighted by atomic mass is 32.1. The summed E-state index contributed by atoms with van der Waals surface area (Å²) in [6.45, 7) is 2.65. The summed E-state index contributed by atoms with van der Waals surface area (Å²) in [5.41, 5.74) is 6.42. The summed E-state index contributed by atoms with van der Waals surface area (Å²) >= 11 is 4.89. The van der Waals surface area contributed by atoms with Crippen molar-refractivity contribution in [2.75, 3.05) is 5.32 Å². The van der Waals surface area contributed by atoms with Gasteiger partial charge in [-0.1, -0.05) is 18.3 Å². The number of rotatable bonds is 5. The number of nitrogens with two attached hydrogens (primary N) is 1. The van der Waals surface area contributed by atoms with Crippen LogP contribution in [0.25, 0.3) is 0 Å². The molecule has 19 heavy (non-hydrogen) atoms. The molecule has 0 saturated carbocycles. The van der Waals surface area contributed by atoms with Crippen molar-refractivity contribution in [1.29, 1.82) is 0 Å². The zero-order valence-corrected chi connectivity index (χ0v) is 11.3. The largest absolute Gasteiger partial charge is 0.389 e. The van der Waals surface area contributed by atoms with E-state index in [4.69, 9.17) is 18.0 Å². The Bertz CT molecular complexity index is 568. The zero-order chi connectivity index (χ0) is 13.8. The number of aromatic nitrogens is 2. The molecular formula is C13H15FN4S. The van der Waals surface area contributed by atoms with Crippen LogP contribution in [0, 0.1) is 5.82 Å². The van der Waals surface area contributed by atoms with Crippen LogP contribution in [0.1, 0.15) is 12.5 Å². The van der Waals surface area contributed by atoms with Gasteiger partial charge in [0.1, 0.15) is 10.8 Å². The number of nitrogens with zero attached hydrogens (tertiary/aromatic N) is 2. The van der Waals surface area contributed by atoms with Crippen molar-refractivity contribution in [3.8, 4) is 0 Å². The van der Waals surface area contributed by atoms with Gasteiger partial charge in [0.2, 0.25) is 0 Å². The Hall–Kier alpha value is -1.95. The molecule has 0 aliphatic rings. The molecule has 0 radical (unpaired) electrons. The van der Waals surface area contributed by atoms with Crippen LogP contribution in [-0.4, -0.2) is 20.8 Å². The standard InChI is InChI=1S/C13H15FN4S/c1-9(8-18-7-3-6-16-18)17-11-5-2-4-10(14)12(11)13(15)19/h2-7,9,17H,8H2,1H3,(H2,15,19). The van der Waals surface area contributed by atoms with E-state index in [-0.39, 0.29) is 16.6 Å². The van der Waals surface area contributed by atoms with Gasteiger partial charge in [0.15, 0.2) is 0 Å². The van der Waals surface area contributed by atoms with Gasteiger partial charge in [0, 0.05) is 24.1 Å². The normalized spacial score (nSPS) is 12.1. The molecule has 1 aromatic heterocycles. The molecule has 0 aliphatic carbocycles. The van der Waals surface area contributed by atoms with E-state index < -0.39 is 5.82 Å². The maximum absolute atomic E-state index is 13.7. The Morgan fingerprint density at radius 3 is 2.95 bits per heavy atom. The first-order valence-electron chi connectivity index (χ1n) is 5.90. The second-order valence-electron chi connectivity index (χ2n) is 4.30. The van der Waals surface area contributed by atoms with Gasteiger partial charge < -0.3 is 11.1 Å². The number of halogens is 1. The monoisotopic (exact) mass is 278 g/mol. The van der Waals surface area contributed by atoms with Crippen molar-refractivity contribution in [3.05, 3.63) is 48.0 Å². The molecular weight excluding hydrogens is 263 g/mol. The van der Waals surface area contributed by atoms with E-state index in [9.17, 15) is 4.39 Å². The molecule has 0 fully saturated rings. The first kappa shape index (κ1) is 13.5. The van der Waals surface area contributed by atoms with E-state index in [2.05, 4.69) is 10.4 Å². The fraction of sp³-hybridized carbons (Fsp3) is 0.231. The second kappa shape index (κ2) is 5.79. The first-order chi connectivity index (χ1) is 9.08. The van der Waals surface area contributed by atoms with Gasteiger partial charge in [0.05, 0.1) is 12.1 Å². The van der Waals surface area contributed by atoms with E-state index in [1.54, 1.807) is 23.0 Å². The topological polar surface area (TPSA) is 55.9 Å². The van der Waals surface area contributed by atoms with Crippen molar-refractivity contribution < 1.29 is 4.39 Å². The maximum Gasteiger partial charge on any atom is 0.135 e. The average molecular weight is 278 g/mol.